The van der Waals surface area contributed by atoms with Crippen LogP contribution in [0, 0.1) is 0 Å². The van der Waals surface area contributed by atoms with Crippen molar-refractivity contribution in [2.75, 3.05) is 5.73 Å². The number of aromatic carboxylic acids is 1. The molecule has 2 rings (SSSR count). The molecule has 0 saturated carbocycles. The third-order valence-corrected chi connectivity index (χ3v) is 2.56. The Hall–Kier alpha value is -2.69. The molecule has 0 spiro atoms. The fourth-order valence-corrected chi connectivity index (χ4v) is 1.59. The Morgan fingerprint density at radius 1 is 1.16 bits per heavy atom. The molecule has 0 aliphatic carbocycles. The molecule has 0 radical (unpaired) electrons. The number of hydrogen-bond acceptors (Lipinski definition) is 4. The second-order valence-corrected chi connectivity index (χ2v) is 4.02. The van der Waals surface area contributed by atoms with Gasteiger partial charge in [-0.3, -0.25) is 0 Å². The Balaban J connectivity index is 2.15. The number of aromatic hydroxyl groups is 1. The second-order valence-electron chi connectivity index (χ2n) is 4.02. The molecule has 2 aromatic carbocycles. The molecular weight excluding hydrogens is 246 g/mol. The zero-order valence-corrected chi connectivity index (χ0v) is 10.0. The van der Waals surface area contributed by atoms with Gasteiger partial charge in [-0.05, 0) is 35.9 Å². The van der Waals surface area contributed by atoms with Crippen molar-refractivity contribution < 1.29 is 19.7 Å². The summed E-state index contributed by atoms with van der Waals surface area (Å²) in [6.45, 7) is 0.213. The van der Waals surface area contributed by atoms with E-state index >= 15 is 0 Å². The van der Waals surface area contributed by atoms with Gasteiger partial charge in [-0.25, -0.2) is 4.79 Å². The monoisotopic (exact) mass is 259 g/mol. The highest BCUT2D eigenvalue weighted by atomic mass is 16.5. The molecule has 0 aromatic heterocycles. The summed E-state index contributed by atoms with van der Waals surface area (Å²) in [7, 11) is 0. The van der Waals surface area contributed by atoms with Gasteiger partial charge in [-0.2, -0.15) is 0 Å². The third kappa shape index (κ3) is 3.16. The molecular formula is C14H13NO4. The van der Waals surface area contributed by atoms with Crippen LogP contribution in [0.3, 0.4) is 0 Å². The van der Waals surface area contributed by atoms with E-state index in [0.29, 0.717) is 5.69 Å². The Morgan fingerprint density at radius 3 is 2.47 bits per heavy atom. The third-order valence-electron chi connectivity index (χ3n) is 2.56. The Bertz CT molecular complexity index is 593. The lowest BCUT2D eigenvalue weighted by atomic mass is 10.2. The first-order valence-electron chi connectivity index (χ1n) is 5.60. The van der Waals surface area contributed by atoms with Crippen molar-refractivity contribution in [3.8, 4) is 11.5 Å². The quantitative estimate of drug-likeness (QED) is 0.732. The lowest BCUT2D eigenvalue weighted by Gasteiger charge is -2.10. The SMILES string of the molecule is Nc1ccc(OCc2ccc(O)cc2)c(C(=O)O)c1. The zero-order chi connectivity index (χ0) is 13.8. The fourth-order valence-electron chi connectivity index (χ4n) is 1.59. The molecule has 0 heterocycles. The number of ether oxygens (including phenoxy) is 1. The number of nitrogens with two attached hydrogens (primary N) is 1. The van der Waals surface area contributed by atoms with Crippen molar-refractivity contribution in [1.82, 2.24) is 0 Å². The van der Waals surface area contributed by atoms with Crippen LogP contribution in [0.5, 0.6) is 11.5 Å². The summed E-state index contributed by atoms with van der Waals surface area (Å²) in [5, 5.41) is 18.2. The first-order valence-corrected chi connectivity index (χ1v) is 5.60. The van der Waals surface area contributed by atoms with E-state index in [1.807, 2.05) is 0 Å². The van der Waals surface area contributed by atoms with E-state index in [1.54, 1.807) is 30.3 Å². The Labute approximate surface area is 109 Å². The van der Waals surface area contributed by atoms with Gasteiger partial charge in [0.1, 0.15) is 23.7 Å². The van der Waals surface area contributed by atoms with Crippen LogP contribution in [0.4, 0.5) is 5.69 Å². The lowest BCUT2D eigenvalue weighted by Crippen LogP contribution is -2.04. The smallest absolute Gasteiger partial charge is 0.339 e. The number of carboxylic acids is 1. The van der Waals surface area contributed by atoms with Gasteiger partial charge in [0, 0.05) is 5.69 Å². The second kappa shape index (κ2) is 5.30. The maximum Gasteiger partial charge on any atom is 0.339 e. The van der Waals surface area contributed by atoms with Crippen LogP contribution in [0.2, 0.25) is 0 Å². The molecule has 19 heavy (non-hydrogen) atoms. The van der Waals surface area contributed by atoms with Crippen LogP contribution >= 0.6 is 0 Å². The number of phenols is 1. The predicted octanol–water partition coefficient (Wildman–Crippen LogP) is 2.25. The van der Waals surface area contributed by atoms with E-state index in [9.17, 15) is 4.79 Å². The molecule has 5 nitrogen and oxygen atoms in total. The predicted molar refractivity (Wildman–Crippen MR) is 70.3 cm³/mol. The minimum atomic E-state index is -1.09. The summed E-state index contributed by atoms with van der Waals surface area (Å²) >= 11 is 0. The van der Waals surface area contributed by atoms with E-state index in [2.05, 4.69) is 0 Å². The van der Waals surface area contributed by atoms with Gasteiger partial charge in [-0.15, -0.1) is 0 Å². The highest BCUT2D eigenvalue weighted by Crippen LogP contribution is 2.22. The Morgan fingerprint density at radius 2 is 1.84 bits per heavy atom. The number of nitrogen functional groups attached to an aromatic ring is 1. The van der Waals surface area contributed by atoms with Crippen molar-refractivity contribution in [3.05, 3.63) is 53.6 Å². The van der Waals surface area contributed by atoms with Gasteiger partial charge < -0.3 is 20.7 Å². The van der Waals surface area contributed by atoms with E-state index in [-0.39, 0.29) is 23.7 Å². The van der Waals surface area contributed by atoms with E-state index in [1.165, 1.54) is 12.1 Å². The normalized spacial score (nSPS) is 10.1. The molecule has 0 fully saturated rings. The topological polar surface area (TPSA) is 92.8 Å². The minimum absolute atomic E-state index is 0.0266. The highest BCUT2D eigenvalue weighted by Gasteiger charge is 2.11. The highest BCUT2D eigenvalue weighted by molar-refractivity contribution is 5.92. The van der Waals surface area contributed by atoms with Crippen molar-refractivity contribution in [2.24, 2.45) is 0 Å². The van der Waals surface area contributed by atoms with E-state index in [0.717, 1.165) is 5.56 Å². The zero-order valence-electron chi connectivity index (χ0n) is 10.0. The van der Waals surface area contributed by atoms with Gasteiger partial charge >= 0.3 is 5.97 Å². The number of carboxylic acid groups (broad SMARTS) is 1. The van der Waals surface area contributed by atoms with Crippen LogP contribution in [-0.4, -0.2) is 16.2 Å². The number of hydrogen-bond donors (Lipinski definition) is 3. The van der Waals surface area contributed by atoms with Crippen LogP contribution in [0.25, 0.3) is 0 Å². The Kier molecular flexibility index (Phi) is 3.56. The van der Waals surface area contributed by atoms with Gasteiger partial charge in [0.25, 0.3) is 0 Å². The van der Waals surface area contributed by atoms with Crippen molar-refractivity contribution in [2.45, 2.75) is 6.61 Å². The largest absolute Gasteiger partial charge is 0.508 e. The summed E-state index contributed by atoms with van der Waals surface area (Å²) in [5.74, 6) is -0.662. The average molecular weight is 259 g/mol. The molecule has 0 unspecified atom stereocenters. The van der Waals surface area contributed by atoms with Crippen molar-refractivity contribution in [1.29, 1.82) is 0 Å². The van der Waals surface area contributed by atoms with Crippen LogP contribution < -0.4 is 10.5 Å². The number of rotatable bonds is 4. The molecule has 0 aliphatic heterocycles. The van der Waals surface area contributed by atoms with Crippen LogP contribution in [-0.2, 0) is 6.61 Å². The molecule has 2 aromatic rings. The molecule has 0 saturated heterocycles. The average Bonchev–Trinajstić information content (AvgIpc) is 2.39. The standard InChI is InChI=1S/C14H13NO4/c15-10-3-6-13(12(7-10)14(17)18)19-8-9-1-4-11(16)5-2-9/h1-7,16H,8,15H2,(H,17,18). The van der Waals surface area contributed by atoms with Gasteiger partial charge in [0.2, 0.25) is 0 Å². The van der Waals surface area contributed by atoms with Gasteiger partial charge in [-0.1, -0.05) is 12.1 Å². The molecule has 0 atom stereocenters. The lowest BCUT2D eigenvalue weighted by molar-refractivity contribution is 0.0692. The molecule has 0 bridgehead atoms. The van der Waals surface area contributed by atoms with Crippen molar-refractivity contribution in [3.63, 3.8) is 0 Å². The van der Waals surface area contributed by atoms with Gasteiger partial charge in [0.15, 0.2) is 0 Å². The summed E-state index contributed by atoms with van der Waals surface area (Å²) in [6.07, 6.45) is 0. The molecule has 98 valence electrons. The fraction of sp³-hybridized carbons (Fsp3) is 0.0714. The van der Waals surface area contributed by atoms with Crippen LogP contribution in [0.15, 0.2) is 42.5 Å². The molecule has 4 N–H and O–H groups in total. The maximum absolute atomic E-state index is 11.1. The minimum Gasteiger partial charge on any atom is -0.508 e. The maximum atomic E-state index is 11.1. The number of benzene rings is 2. The van der Waals surface area contributed by atoms with Crippen molar-refractivity contribution >= 4 is 11.7 Å². The summed E-state index contributed by atoms with van der Waals surface area (Å²) in [4.78, 5) is 11.1. The van der Waals surface area contributed by atoms with Gasteiger partial charge in [0.05, 0.1) is 0 Å². The first kappa shape index (κ1) is 12.8. The van der Waals surface area contributed by atoms with E-state index < -0.39 is 5.97 Å². The number of phenolic OH excluding ortho intramolecular Hbond substituents is 1. The molecule has 0 amide bonds. The summed E-state index contributed by atoms with van der Waals surface area (Å²) in [5.41, 5.74) is 6.76. The summed E-state index contributed by atoms with van der Waals surface area (Å²) < 4.78 is 5.46. The molecule has 5 heteroatoms. The summed E-state index contributed by atoms with van der Waals surface area (Å²) in [6, 6.07) is 11.0. The van der Waals surface area contributed by atoms with Crippen LogP contribution in [0.1, 0.15) is 15.9 Å². The number of carbonyl (C=O) groups is 1. The van der Waals surface area contributed by atoms with E-state index in [4.69, 9.17) is 20.7 Å². The number of anilines is 1. The first-order chi connectivity index (χ1) is 9.06. The molecule has 0 aliphatic rings.